The summed E-state index contributed by atoms with van der Waals surface area (Å²) in [5, 5.41) is 19.7. The molecule has 3 N–H and O–H groups in total. The van der Waals surface area contributed by atoms with Crippen LogP contribution in [-0.4, -0.2) is 41.6 Å². The van der Waals surface area contributed by atoms with Crippen LogP contribution in [-0.2, 0) is 21.5 Å². The number of rotatable bonds is 6. The van der Waals surface area contributed by atoms with Crippen molar-refractivity contribution in [2.45, 2.75) is 49.8 Å². The molecule has 0 radical (unpaired) electrons. The number of anilines is 1. The lowest BCUT2D eigenvalue weighted by atomic mass is 9.78. The van der Waals surface area contributed by atoms with E-state index in [2.05, 4.69) is 25.5 Å². The smallest absolute Gasteiger partial charge is 0.416 e. The number of nitrogens with one attached hydrogen (secondary N) is 2. The van der Waals surface area contributed by atoms with Gasteiger partial charge in [-0.25, -0.2) is 19.0 Å². The number of alkyl halides is 3. The van der Waals surface area contributed by atoms with Gasteiger partial charge < -0.3 is 15.2 Å². The normalized spacial score (nSPS) is 16.4. The van der Waals surface area contributed by atoms with E-state index in [0.717, 1.165) is 13.3 Å². The molecular formula is C23H23F3N6O4S. The van der Waals surface area contributed by atoms with Crippen LogP contribution in [0, 0.1) is 18.6 Å². The highest BCUT2D eigenvalue weighted by atomic mass is 32.2. The molecule has 0 aliphatic heterocycles. The van der Waals surface area contributed by atoms with Crippen molar-refractivity contribution in [2.75, 3.05) is 11.6 Å². The van der Waals surface area contributed by atoms with Gasteiger partial charge in [-0.2, -0.15) is 13.2 Å². The second-order valence-corrected chi connectivity index (χ2v) is 11.0. The van der Waals surface area contributed by atoms with Crippen molar-refractivity contribution >= 4 is 21.3 Å². The Hall–Kier alpha value is -3.65. The van der Waals surface area contributed by atoms with Crippen LogP contribution in [0.25, 0.3) is 0 Å². The van der Waals surface area contributed by atoms with Crippen LogP contribution in [0.15, 0.2) is 35.4 Å². The van der Waals surface area contributed by atoms with Crippen molar-refractivity contribution in [3.8, 4) is 11.8 Å². The number of aryl methyl sites for hydroxylation is 1. The predicted molar refractivity (Wildman–Crippen MR) is 126 cm³/mol. The maximum Gasteiger partial charge on any atom is 0.435 e. The van der Waals surface area contributed by atoms with E-state index in [4.69, 9.17) is 9.52 Å². The fourth-order valence-corrected chi connectivity index (χ4v) is 4.46. The van der Waals surface area contributed by atoms with Crippen LogP contribution in [0.5, 0.6) is 11.8 Å². The number of aromatic nitrogens is 4. The number of nitrogens with zero attached hydrogens (tertiary/aromatic N) is 4. The topological polar surface area (TPSA) is 151 Å². The van der Waals surface area contributed by atoms with E-state index < -0.39 is 50.1 Å². The molecule has 1 amide bonds. The third-order valence-corrected chi connectivity index (χ3v) is 7.13. The number of aliphatic hydroxyl groups is 1. The summed E-state index contributed by atoms with van der Waals surface area (Å²) >= 11 is 0. The molecule has 0 bridgehead atoms. The zero-order chi connectivity index (χ0) is 27.2. The van der Waals surface area contributed by atoms with Crippen molar-refractivity contribution in [1.29, 1.82) is 4.78 Å². The van der Waals surface area contributed by atoms with Crippen molar-refractivity contribution in [2.24, 2.45) is 0 Å². The molecule has 1 fully saturated rings. The molecule has 2 heterocycles. The molecular weight excluding hydrogens is 513 g/mol. The molecule has 0 spiro atoms. The van der Waals surface area contributed by atoms with Gasteiger partial charge in [-0.3, -0.25) is 4.79 Å². The number of halogens is 3. The van der Waals surface area contributed by atoms with Crippen molar-refractivity contribution in [1.82, 2.24) is 20.2 Å². The molecule has 37 heavy (non-hydrogen) atoms. The van der Waals surface area contributed by atoms with Crippen molar-refractivity contribution in [3.63, 3.8) is 0 Å². The average Bonchev–Trinajstić information content (AvgIpc) is 2.77. The number of amides is 1. The zero-order valence-electron chi connectivity index (χ0n) is 20.0. The highest BCUT2D eigenvalue weighted by molar-refractivity contribution is 7.91. The molecule has 1 atom stereocenters. The summed E-state index contributed by atoms with van der Waals surface area (Å²) in [6.07, 6.45) is -0.480. The van der Waals surface area contributed by atoms with Crippen LogP contribution >= 0.6 is 0 Å². The molecule has 1 aromatic carbocycles. The lowest BCUT2D eigenvalue weighted by molar-refractivity contribution is -0.142. The van der Waals surface area contributed by atoms with Gasteiger partial charge in [0, 0.05) is 16.8 Å². The van der Waals surface area contributed by atoms with E-state index in [1.54, 1.807) is 0 Å². The van der Waals surface area contributed by atoms with Gasteiger partial charge in [-0.15, -0.1) is 10.2 Å². The first kappa shape index (κ1) is 26.4. The summed E-state index contributed by atoms with van der Waals surface area (Å²) in [7, 11) is -3.11. The molecule has 4 rings (SSSR count). The van der Waals surface area contributed by atoms with Gasteiger partial charge in [-0.1, -0.05) is 6.07 Å². The minimum absolute atomic E-state index is 0.106. The Morgan fingerprint density at radius 1 is 1.22 bits per heavy atom. The Bertz CT molecular complexity index is 1490. The first-order valence-corrected chi connectivity index (χ1v) is 13.0. The molecule has 3 aromatic rings. The molecule has 1 unspecified atom stereocenters. The third-order valence-electron chi connectivity index (χ3n) is 5.97. The van der Waals surface area contributed by atoms with Gasteiger partial charge in [0.1, 0.15) is 16.9 Å². The van der Waals surface area contributed by atoms with E-state index in [1.807, 2.05) is 0 Å². The van der Waals surface area contributed by atoms with Crippen LogP contribution in [0.1, 0.15) is 52.3 Å². The Morgan fingerprint density at radius 2 is 1.92 bits per heavy atom. The number of benzene rings is 1. The highest BCUT2D eigenvalue weighted by Gasteiger charge is 2.39. The molecule has 1 saturated carbocycles. The van der Waals surface area contributed by atoms with E-state index in [9.17, 15) is 27.3 Å². The quantitative estimate of drug-likeness (QED) is 0.421. The third kappa shape index (κ3) is 5.39. The lowest BCUT2D eigenvalue weighted by Crippen LogP contribution is -2.34. The zero-order valence-corrected chi connectivity index (χ0v) is 20.8. The number of carbonyl (C=O) groups excluding carboxylic acids is 1. The summed E-state index contributed by atoms with van der Waals surface area (Å²) in [6, 6.07) is 5.62. The van der Waals surface area contributed by atoms with Gasteiger partial charge in [0.2, 0.25) is 5.88 Å². The standard InChI is InChI=1S/C23H23F3N6O4S/c1-12-17(19(33)30-14-6-4-7-15(10-14)37(3,27)35)21(32-31-18(12)23(24,25)26)36-20-13(2)29-16(11-28-20)22(34)8-5-9-22/h4,6-7,10-11,27,34H,5,8-9H2,1-3H3,(H,30,33). The van der Waals surface area contributed by atoms with Gasteiger partial charge >= 0.3 is 6.18 Å². The van der Waals surface area contributed by atoms with Gasteiger partial charge in [0.15, 0.2) is 5.69 Å². The van der Waals surface area contributed by atoms with Crippen molar-refractivity contribution < 1.29 is 32.0 Å². The fraction of sp³-hybridized carbons (Fsp3) is 0.348. The second-order valence-electron chi connectivity index (χ2n) is 8.81. The summed E-state index contributed by atoms with van der Waals surface area (Å²) in [4.78, 5) is 21.7. The maximum absolute atomic E-state index is 13.5. The fourth-order valence-electron chi connectivity index (χ4n) is 3.77. The SMILES string of the molecule is Cc1nc(C2(O)CCC2)cnc1Oc1nnc(C(F)(F)F)c(C)c1C(=O)Nc1cccc(S(C)(=N)=O)c1. The molecule has 196 valence electrons. The van der Waals surface area contributed by atoms with E-state index in [0.29, 0.717) is 18.5 Å². The lowest BCUT2D eigenvalue weighted by Gasteiger charge is -2.35. The summed E-state index contributed by atoms with van der Waals surface area (Å²) < 4.78 is 66.0. The molecule has 14 heteroatoms. The van der Waals surface area contributed by atoms with Crippen LogP contribution in [0.3, 0.4) is 0 Å². The first-order valence-electron chi connectivity index (χ1n) is 11.0. The number of hydrogen-bond donors (Lipinski definition) is 3. The van der Waals surface area contributed by atoms with E-state index >= 15 is 0 Å². The minimum Gasteiger partial charge on any atom is -0.416 e. The Morgan fingerprint density at radius 3 is 2.49 bits per heavy atom. The second kappa shape index (κ2) is 9.34. The molecule has 2 aromatic heterocycles. The van der Waals surface area contributed by atoms with Crippen LogP contribution in [0.2, 0.25) is 0 Å². The monoisotopic (exact) mass is 536 g/mol. The van der Waals surface area contributed by atoms with E-state index in [1.165, 1.54) is 43.6 Å². The summed E-state index contributed by atoms with van der Waals surface area (Å²) in [5.41, 5.74) is -2.85. The van der Waals surface area contributed by atoms with Gasteiger partial charge in [-0.05, 0) is 56.9 Å². The molecule has 0 saturated heterocycles. The average molecular weight is 537 g/mol. The maximum atomic E-state index is 13.5. The predicted octanol–water partition coefficient (Wildman–Crippen LogP) is 4.35. The van der Waals surface area contributed by atoms with E-state index in [-0.39, 0.29) is 22.2 Å². The number of hydrogen-bond acceptors (Lipinski definition) is 9. The molecule has 10 nitrogen and oxygen atoms in total. The Kier molecular flexibility index (Phi) is 6.67. The molecule has 1 aliphatic rings. The summed E-state index contributed by atoms with van der Waals surface area (Å²) in [5.74, 6) is -1.66. The van der Waals surface area contributed by atoms with Crippen LogP contribution in [0.4, 0.5) is 18.9 Å². The van der Waals surface area contributed by atoms with Crippen molar-refractivity contribution in [3.05, 3.63) is 58.7 Å². The summed E-state index contributed by atoms with van der Waals surface area (Å²) in [6.45, 7) is 2.60. The Balaban J connectivity index is 1.73. The number of ether oxygens (including phenoxy) is 1. The minimum atomic E-state index is -4.89. The molecule has 1 aliphatic carbocycles. The van der Waals surface area contributed by atoms with Gasteiger partial charge in [0.25, 0.3) is 11.8 Å². The number of carbonyl (C=O) groups is 1. The van der Waals surface area contributed by atoms with Crippen LogP contribution < -0.4 is 10.1 Å². The Labute approximate surface area is 210 Å². The van der Waals surface area contributed by atoms with Gasteiger partial charge in [0.05, 0.1) is 21.6 Å². The first-order chi connectivity index (χ1) is 17.2. The largest absolute Gasteiger partial charge is 0.435 e. The highest BCUT2D eigenvalue weighted by Crippen LogP contribution is 2.41.